The standard InChI is InChI=1S/C16H31NO2S2/c1-7-17(8-2)16(20)21-10-9-19-15(18)14(13(5)6)11-12(3)4/h12-14H,7-11H2,1-6H3. The van der Waals surface area contributed by atoms with Gasteiger partial charge in [0.15, 0.2) is 0 Å². The van der Waals surface area contributed by atoms with E-state index in [1.54, 1.807) is 11.8 Å². The van der Waals surface area contributed by atoms with Crippen LogP contribution in [0, 0.1) is 17.8 Å². The summed E-state index contributed by atoms with van der Waals surface area (Å²) in [6.07, 6.45) is 0.890. The number of hydrogen-bond donors (Lipinski definition) is 0. The van der Waals surface area contributed by atoms with Gasteiger partial charge in [0.2, 0.25) is 0 Å². The van der Waals surface area contributed by atoms with Crippen molar-refractivity contribution in [1.29, 1.82) is 0 Å². The van der Waals surface area contributed by atoms with Crippen molar-refractivity contribution >= 4 is 34.3 Å². The highest BCUT2D eigenvalue weighted by atomic mass is 32.2. The minimum Gasteiger partial charge on any atom is -0.465 e. The number of nitrogens with zero attached hydrogens (tertiary/aromatic N) is 1. The Morgan fingerprint density at radius 1 is 1.19 bits per heavy atom. The molecule has 1 unspecified atom stereocenters. The predicted molar refractivity (Wildman–Crippen MR) is 96.7 cm³/mol. The zero-order valence-electron chi connectivity index (χ0n) is 14.3. The smallest absolute Gasteiger partial charge is 0.309 e. The third kappa shape index (κ3) is 8.67. The Labute approximate surface area is 140 Å². The van der Waals surface area contributed by atoms with E-state index >= 15 is 0 Å². The van der Waals surface area contributed by atoms with Crippen LogP contribution >= 0.6 is 24.0 Å². The number of rotatable bonds is 9. The Morgan fingerprint density at radius 3 is 2.19 bits per heavy atom. The van der Waals surface area contributed by atoms with Crippen molar-refractivity contribution in [2.75, 3.05) is 25.4 Å². The summed E-state index contributed by atoms with van der Waals surface area (Å²) in [6.45, 7) is 14.9. The molecule has 0 aliphatic carbocycles. The molecule has 5 heteroatoms. The summed E-state index contributed by atoms with van der Waals surface area (Å²) in [5.74, 6) is 1.50. The zero-order valence-corrected chi connectivity index (χ0v) is 16.0. The molecule has 0 fully saturated rings. The first-order chi connectivity index (χ1) is 9.83. The van der Waals surface area contributed by atoms with Gasteiger partial charge >= 0.3 is 5.97 Å². The Kier molecular flexibility index (Phi) is 11.1. The van der Waals surface area contributed by atoms with Gasteiger partial charge in [-0.15, -0.1) is 0 Å². The monoisotopic (exact) mass is 333 g/mol. The summed E-state index contributed by atoms with van der Waals surface area (Å²) < 4.78 is 6.31. The Hall–Kier alpha value is -0.290. The Morgan fingerprint density at radius 2 is 1.76 bits per heavy atom. The molecule has 0 aromatic rings. The predicted octanol–water partition coefficient (Wildman–Crippen LogP) is 4.21. The maximum absolute atomic E-state index is 12.1. The van der Waals surface area contributed by atoms with Crippen LogP contribution in [0.1, 0.15) is 48.0 Å². The quantitative estimate of drug-likeness (QED) is 0.358. The van der Waals surface area contributed by atoms with Crippen LogP contribution in [0.3, 0.4) is 0 Å². The van der Waals surface area contributed by atoms with Crippen molar-refractivity contribution < 1.29 is 9.53 Å². The number of thiocarbonyl (C=S) groups is 1. The van der Waals surface area contributed by atoms with E-state index in [4.69, 9.17) is 17.0 Å². The third-order valence-corrected chi connectivity index (χ3v) is 4.90. The molecule has 21 heavy (non-hydrogen) atoms. The fourth-order valence-electron chi connectivity index (χ4n) is 2.10. The van der Waals surface area contributed by atoms with Gasteiger partial charge in [-0.2, -0.15) is 0 Å². The number of hydrogen-bond acceptors (Lipinski definition) is 4. The Bertz CT molecular complexity index is 315. The second-order valence-corrected chi connectivity index (χ2v) is 7.66. The second kappa shape index (κ2) is 11.3. The van der Waals surface area contributed by atoms with Gasteiger partial charge in [-0.1, -0.05) is 51.7 Å². The molecule has 3 nitrogen and oxygen atoms in total. The van der Waals surface area contributed by atoms with Crippen LogP contribution in [0.25, 0.3) is 0 Å². The van der Waals surface area contributed by atoms with E-state index < -0.39 is 0 Å². The van der Waals surface area contributed by atoms with Gasteiger partial charge in [-0.05, 0) is 32.1 Å². The van der Waals surface area contributed by atoms with Crippen molar-refractivity contribution in [2.24, 2.45) is 17.8 Å². The highest BCUT2D eigenvalue weighted by molar-refractivity contribution is 8.22. The molecule has 0 N–H and O–H groups in total. The van der Waals surface area contributed by atoms with Crippen LogP contribution in [0.5, 0.6) is 0 Å². The van der Waals surface area contributed by atoms with Gasteiger partial charge in [0, 0.05) is 18.8 Å². The fraction of sp³-hybridized carbons (Fsp3) is 0.875. The summed E-state index contributed by atoms with van der Waals surface area (Å²) in [5.41, 5.74) is 0. The molecule has 0 rings (SSSR count). The van der Waals surface area contributed by atoms with E-state index in [0.29, 0.717) is 18.4 Å². The van der Waals surface area contributed by atoms with E-state index in [1.165, 1.54) is 0 Å². The molecule has 0 heterocycles. The van der Waals surface area contributed by atoms with E-state index in [2.05, 4.69) is 46.4 Å². The fourth-order valence-corrected chi connectivity index (χ4v) is 3.39. The summed E-state index contributed by atoms with van der Waals surface area (Å²) >= 11 is 6.94. The van der Waals surface area contributed by atoms with E-state index in [1.807, 2.05) is 0 Å². The van der Waals surface area contributed by atoms with Crippen molar-refractivity contribution in [3.8, 4) is 0 Å². The van der Waals surface area contributed by atoms with E-state index in [0.717, 1.165) is 29.6 Å². The van der Waals surface area contributed by atoms with Crippen LogP contribution < -0.4 is 0 Å². The molecule has 1 atom stereocenters. The maximum atomic E-state index is 12.1. The summed E-state index contributed by atoms with van der Waals surface area (Å²) in [7, 11) is 0. The lowest BCUT2D eigenvalue weighted by molar-refractivity contribution is -0.150. The van der Waals surface area contributed by atoms with Crippen molar-refractivity contribution in [3.05, 3.63) is 0 Å². The number of carbonyl (C=O) groups excluding carboxylic acids is 1. The molecule has 0 saturated heterocycles. The van der Waals surface area contributed by atoms with Crippen molar-refractivity contribution in [3.63, 3.8) is 0 Å². The summed E-state index contributed by atoms with van der Waals surface area (Å²) in [5, 5.41) is 0. The largest absolute Gasteiger partial charge is 0.465 e. The van der Waals surface area contributed by atoms with Gasteiger partial charge in [0.05, 0.1) is 5.92 Å². The first-order valence-corrected chi connectivity index (χ1v) is 9.31. The van der Waals surface area contributed by atoms with Gasteiger partial charge in [-0.25, -0.2) is 0 Å². The Balaban J connectivity index is 4.10. The average Bonchev–Trinajstić information content (AvgIpc) is 2.41. The molecule has 0 radical (unpaired) electrons. The SMILES string of the molecule is CCN(CC)C(=S)SCCOC(=O)C(CC(C)C)C(C)C. The molecular formula is C16H31NO2S2. The van der Waals surface area contributed by atoms with Crippen LogP contribution in [-0.2, 0) is 9.53 Å². The number of ether oxygens (including phenoxy) is 1. The number of thioether (sulfide) groups is 1. The van der Waals surface area contributed by atoms with Crippen LogP contribution in [0.2, 0.25) is 0 Å². The minimum absolute atomic E-state index is 0.00438. The molecule has 124 valence electrons. The van der Waals surface area contributed by atoms with Gasteiger partial charge in [-0.3, -0.25) is 4.79 Å². The minimum atomic E-state index is -0.0620. The van der Waals surface area contributed by atoms with Crippen molar-refractivity contribution in [1.82, 2.24) is 4.90 Å². The normalized spacial score (nSPS) is 12.6. The maximum Gasteiger partial charge on any atom is 0.309 e. The molecule has 0 aliphatic heterocycles. The lowest BCUT2D eigenvalue weighted by atomic mass is 9.88. The van der Waals surface area contributed by atoms with Crippen molar-refractivity contribution in [2.45, 2.75) is 48.0 Å². The average molecular weight is 334 g/mol. The molecule has 0 aromatic carbocycles. The third-order valence-electron chi connectivity index (χ3n) is 3.41. The van der Waals surface area contributed by atoms with Crippen LogP contribution in [0.15, 0.2) is 0 Å². The number of esters is 1. The number of carbonyl (C=O) groups is 1. The topological polar surface area (TPSA) is 29.5 Å². The van der Waals surface area contributed by atoms with E-state index in [9.17, 15) is 4.79 Å². The van der Waals surface area contributed by atoms with Crippen LogP contribution in [0.4, 0.5) is 0 Å². The summed E-state index contributed by atoms with van der Waals surface area (Å²) in [4.78, 5) is 14.3. The van der Waals surface area contributed by atoms with E-state index in [-0.39, 0.29) is 11.9 Å². The molecule has 0 aliphatic rings. The molecule has 0 saturated carbocycles. The first-order valence-electron chi connectivity index (χ1n) is 7.91. The molecule has 0 spiro atoms. The molecule has 0 amide bonds. The lowest BCUT2D eigenvalue weighted by Gasteiger charge is -2.22. The summed E-state index contributed by atoms with van der Waals surface area (Å²) in [6, 6.07) is 0. The lowest BCUT2D eigenvalue weighted by Crippen LogP contribution is -2.28. The van der Waals surface area contributed by atoms with Gasteiger partial charge in [0.25, 0.3) is 0 Å². The highest BCUT2D eigenvalue weighted by Crippen LogP contribution is 2.22. The molecule has 0 bridgehead atoms. The van der Waals surface area contributed by atoms with Gasteiger partial charge in [0.1, 0.15) is 10.9 Å². The first kappa shape index (κ1) is 20.7. The second-order valence-electron chi connectivity index (χ2n) is 5.93. The molecule has 0 aromatic heterocycles. The zero-order chi connectivity index (χ0) is 16.4. The molecular weight excluding hydrogens is 302 g/mol. The highest BCUT2D eigenvalue weighted by Gasteiger charge is 2.24. The van der Waals surface area contributed by atoms with Crippen LogP contribution in [-0.4, -0.2) is 40.6 Å². The van der Waals surface area contributed by atoms with Gasteiger partial charge < -0.3 is 9.64 Å².